The molecule has 3 N–H and O–H groups in total. The Bertz CT molecular complexity index is 839. The van der Waals surface area contributed by atoms with Crippen molar-refractivity contribution < 1.29 is 38.1 Å². The Hall–Kier alpha value is -2.74. The number of nitrogens with one attached hydrogen (secondary N) is 3. The summed E-state index contributed by atoms with van der Waals surface area (Å²) in [7, 11) is 3.59. The summed E-state index contributed by atoms with van der Waals surface area (Å²) in [6.45, 7) is 5.81. The summed E-state index contributed by atoms with van der Waals surface area (Å²) in [6, 6.07) is 4.42. The Labute approximate surface area is 224 Å². The summed E-state index contributed by atoms with van der Waals surface area (Å²) in [5.74, 6) is -0.808. The molecule has 0 bridgehead atoms. The lowest BCUT2D eigenvalue weighted by atomic mass is 10.0. The highest BCUT2D eigenvalue weighted by atomic mass is 16.6. The number of likely N-dealkylation sites (N-methyl/N-ethyl adjacent to an activating group) is 2. The zero-order chi connectivity index (χ0) is 28.0. The maximum absolute atomic E-state index is 12.5. The van der Waals surface area contributed by atoms with Crippen LogP contribution in [0.2, 0.25) is 0 Å². The molecular weight excluding hydrogens is 496 g/mol. The monoisotopic (exact) mass is 538 g/mol. The number of aldehydes is 1. The first-order valence-corrected chi connectivity index (χ1v) is 12.7. The molecule has 1 atom stereocenters. The number of hydrogen-bond acceptors (Lipinski definition) is 10. The van der Waals surface area contributed by atoms with Gasteiger partial charge in [0.25, 0.3) is 0 Å². The Morgan fingerprint density at radius 3 is 2.18 bits per heavy atom. The molecule has 0 saturated heterocycles. The van der Waals surface area contributed by atoms with E-state index in [2.05, 4.69) is 16.0 Å². The van der Waals surface area contributed by atoms with Crippen molar-refractivity contribution in [3.8, 4) is 0 Å². The Morgan fingerprint density at radius 2 is 1.61 bits per heavy atom. The summed E-state index contributed by atoms with van der Waals surface area (Å²) in [5.41, 5.74) is 1.40. The van der Waals surface area contributed by atoms with Crippen LogP contribution in [0.3, 0.4) is 0 Å². The molecule has 0 aliphatic rings. The van der Waals surface area contributed by atoms with Gasteiger partial charge in [0.1, 0.15) is 12.9 Å². The fraction of sp³-hybridized carbons (Fsp3) is 0.615. The Kier molecular flexibility index (Phi) is 18.6. The van der Waals surface area contributed by atoms with Crippen molar-refractivity contribution in [1.29, 1.82) is 0 Å². The third kappa shape index (κ3) is 13.7. The molecule has 0 spiro atoms. The maximum Gasteiger partial charge on any atom is 0.250 e. The number of amides is 3. The van der Waals surface area contributed by atoms with Crippen LogP contribution < -0.4 is 16.0 Å². The second kappa shape index (κ2) is 21.2. The van der Waals surface area contributed by atoms with E-state index >= 15 is 0 Å². The van der Waals surface area contributed by atoms with Crippen LogP contribution in [-0.4, -0.2) is 109 Å². The molecule has 0 fully saturated rings. The summed E-state index contributed by atoms with van der Waals surface area (Å²) >= 11 is 0. The normalized spacial score (nSPS) is 11.8. The molecule has 0 radical (unpaired) electrons. The van der Waals surface area contributed by atoms with E-state index in [0.717, 1.165) is 13.0 Å². The molecule has 1 aromatic rings. The van der Waals surface area contributed by atoms with Crippen molar-refractivity contribution in [2.24, 2.45) is 0 Å². The van der Waals surface area contributed by atoms with Crippen molar-refractivity contribution >= 4 is 30.2 Å². The number of rotatable bonds is 23. The number of anilines is 1. The number of imide groups is 1. The van der Waals surface area contributed by atoms with Gasteiger partial charge in [-0.05, 0) is 26.6 Å². The van der Waals surface area contributed by atoms with Crippen molar-refractivity contribution in [2.75, 3.05) is 78.8 Å². The largest absolute Gasteiger partial charge is 0.378 e. The molecule has 0 aromatic heterocycles. The molecule has 1 aromatic carbocycles. The molecule has 12 heteroatoms. The van der Waals surface area contributed by atoms with Crippen LogP contribution in [0.4, 0.5) is 5.69 Å². The van der Waals surface area contributed by atoms with Crippen LogP contribution in [0, 0.1) is 0 Å². The molecule has 12 nitrogen and oxygen atoms in total. The predicted molar refractivity (Wildman–Crippen MR) is 142 cm³/mol. The molecule has 38 heavy (non-hydrogen) atoms. The van der Waals surface area contributed by atoms with Gasteiger partial charge in [0.05, 0.1) is 52.3 Å². The summed E-state index contributed by atoms with van der Waals surface area (Å²) in [6.07, 6.45) is 2.30. The highest BCUT2D eigenvalue weighted by molar-refractivity contribution is 5.94. The lowest BCUT2D eigenvalue weighted by Gasteiger charge is -2.27. The third-order valence-corrected chi connectivity index (χ3v) is 5.46. The van der Waals surface area contributed by atoms with E-state index in [4.69, 9.17) is 18.9 Å². The molecule has 0 saturated carbocycles. The first-order valence-electron chi connectivity index (χ1n) is 12.7. The van der Waals surface area contributed by atoms with Gasteiger partial charge in [-0.15, -0.1) is 0 Å². The van der Waals surface area contributed by atoms with E-state index in [1.807, 2.05) is 14.0 Å². The number of nitrogens with zero attached hydrogens (tertiary/aromatic N) is 1. The second-order valence-electron chi connectivity index (χ2n) is 8.38. The van der Waals surface area contributed by atoms with Gasteiger partial charge in [0.2, 0.25) is 18.2 Å². The van der Waals surface area contributed by atoms with Crippen LogP contribution in [0.15, 0.2) is 18.2 Å². The summed E-state index contributed by atoms with van der Waals surface area (Å²) < 4.78 is 21.5. The number of hydrogen-bond donors (Lipinski definition) is 3. The van der Waals surface area contributed by atoms with Crippen LogP contribution in [0.5, 0.6) is 0 Å². The average Bonchev–Trinajstić information content (AvgIpc) is 2.90. The van der Waals surface area contributed by atoms with Gasteiger partial charge in [-0.2, -0.15) is 0 Å². The highest BCUT2D eigenvalue weighted by Crippen LogP contribution is 2.22. The Morgan fingerprint density at radius 1 is 0.974 bits per heavy atom. The first kappa shape index (κ1) is 33.3. The second-order valence-corrected chi connectivity index (χ2v) is 8.38. The molecular formula is C26H42N4O8. The minimum atomic E-state index is -0.570. The van der Waals surface area contributed by atoms with Gasteiger partial charge < -0.3 is 29.6 Å². The van der Waals surface area contributed by atoms with Gasteiger partial charge in [-0.25, -0.2) is 0 Å². The van der Waals surface area contributed by atoms with E-state index in [1.165, 1.54) is 0 Å². The predicted octanol–water partition coefficient (Wildman–Crippen LogP) is 0.597. The van der Waals surface area contributed by atoms with E-state index in [9.17, 15) is 19.2 Å². The third-order valence-electron chi connectivity index (χ3n) is 5.46. The molecule has 1 unspecified atom stereocenters. The van der Waals surface area contributed by atoms with Gasteiger partial charge in [0.15, 0.2) is 0 Å². The maximum atomic E-state index is 12.5. The molecule has 3 amide bonds. The van der Waals surface area contributed by atoms with Crippen molar-refractivity contribution in [2.45, 2.75) is 32.4 Å². The van der Waals surface area contributed by atoms with E-state index in [1.54, 1.807) is 30.1 Å². The number of ether oxygens (including phenoxy) is 4. The molecule has 1 rings (SSSR count). The average molecular weight is 539 g/mol. The van der Waals surface area contributed by atoms with Gasteiger partial charge in [-0.3, -0.25) is 29.4 Å². The standard InChI is InChI=1S/C26H42N4O8/c1-4-6-24(26(34)28-20-32)30(3)17-22-21(18-31)7-5-8-23(22)29-25(33)19-38-16-15-37-14-13-36-12-11-35-10-9-27-2/h5,7-8,18,20,24,27H,4,6,9-17,19H2,1-3H3,(H,29,33)(H,28,32,34). The summed E-state index contributed by atoms with van der Waals surface area (Å²) in [4.78, 5) is 48.9. The van der Waals surface area contributed by atoms with Crippen LogP contribution >= 0.6 is 0 Å². The minimum Gasteiger partial charge on any atom is -0.378 e. The van der Waals surface area contributed by atoms with Crippen LogP contribution in [0.25, 0.3) is 0 Å². The molecule has 0 heterocycles. The zero-order valence-electron chi connectivity index (χ0n) is 22.7. The van der Waals surface area contributed by atoms with Crippen molar-refractivity contribution in [3.63, 3.8) is 0 Å². The lowest BCUT2D eigenvalue weighted by Crippen LogP contribution is -2.44. The van der Waals surface area contributed by atoms with Gasteiger partial charge in [0, 0.05) is 29.9 Å². The number of carbonyl (C=O) groups is 4. The SMILES string of the molecule is CCCC(C(=O)NC=O)N(C)Cc1c(C=O)cccc1NC(=O)COCCOCCOCCOCCNC. The van der Waals surface area contributed by atoms with Crippen LogP contribution in [-0.2, 0) is 39.9 Å². The molecule has 214 valence electrons. The fourth-order valence-corrected chi connectivity index (χ4v) is 3.53. The summed E-state index contributed by atoms with van der Waals surface area (Å²) in [5, 5.41) is 7.96. The number of benzene rings is 1. The Balaban J connectivity index is 2.47. The van der Waals surface area contributed by atoms with E-state index < -0.39 is 11.9 Å². The van der Waals surface area contributed by atoms with E-state index in [0.29, 0.717) is 75.6 Å². The lowest BCUT2D eigenvalue weighted by molar-refractivity contribution is -0.129. The molecule has 0 aliphatic heterocycles. The van der Waals surface area contributed by atoms with Crippen LogP contribution in [0.1, 0.15) is 35.7 Å². The van der Waals surface area contributed by atoms with Crippen molar-refractivity contribution in [1.82, 2.24) is 15.5 Å². The first-order chi connectivity index (χ1) is 18.5. The quantitative estimate of drug-likeness (QED) is 0.134. The zero-order valence-corrected chi connectivity index (χ0v) is 22.7. The fourth-order valence-electron chi connectivity index (χ4n) is 3.53. The van der Waals surface area contributed by atoms with Gasteiger partial charge >= 0.3 is 0 Å². The topological polar surface area (TPSA) is 145 Å². The van der Waals surface area contributed by atoms with Crippen molar-refractivity contribution in [3.05, 3.63) is 29.3 Å². The van der Waals surface area contributed by atoms with Gasteiger partial charge in [-0.1, -0.05) is 25.5 Å². The minimum absolute atomic E-state index is 0.190. The number of carbonyl (C=O) groups excluding carboxylic acids is 4. The smallest absolute Gasteiger partial charge is 0.250 e. The highest BCUT2D eigenvalue weighted by Gasteiger charge is 2.24. The molecule has 0 aliphatic carbocycles. The van der Waals surface area contributed by atoms with E-state index in [-0.39, 0.29) is 25.7 Å².